The Balaban J connectivity index is 0.00000288. The lowest BCUT2D eigenvalue weighted by Crippen LogP contribution is -2.43. The predicted molar refractivity (Wildman–Crippen MR) is 91.7 cm³/mol. The smallest absolute Gasteiger partial charge is 0.387 e. The van der Waals surface area contributed by atoms with Gasteiger partial charge in [0.25, 0.3) is 0 Å². The summed E-state index contributed by atoms with van der Waals surface area (Å²) in [7, 11) is 0. The van der Waals surface area contributed by atoms with E-state index in [1.165, 1.54) is 6.07 Å². The molecule has 0 saturated carbocycles. The second kappa shape index (κ2) is 9.79. The second-order valence-corrected chi connectivity index (χ2v) is 5.96. The van der Waals surface area contributed by atoms with Gasteiger partial charge in [0.1, 0.15) is 5.75 Å². The molecule has 3 atom stereocenters. The van der Waals surface area contributed by atoms with E-state index >= 15 is 0 Å². The van der Waals surface area contributed by atoms with Crippen molar-refractivity contribution in [3.63, 3.8) is 0 Å². The largest absolute Gasteiger partial charge is 0.434 e. The molecule has 0 bridgehead atoms. The van der Waals surface area contributed by atoms with Gasteiger partial charge in [0, 0.05) is 17.5 Å². The van der Waals surface area contributed by atoms with Gasteiger partial charge in [-0.25, -0.2) is 0 Å². The zero-order chi connectivity index (χ0) is 16.8. The van der Waals surface area contributed by atoms with Gasteiger partial charge in [-0.05, 0) is 38.8 Å². The molecule has 1 aromatic rings. The standard InChI is InChI=1S/C17H24F2N2O2.ClH/c1-3-14(13-6-4-5-7-15(13)23-17(18)19)21-16(22)12-8-9-20-11(2)10-12;/h4-7,11-12,14,17,20H,3,8-10H2,1-2H3,(H,21,22);1H/t11-,12-,14?;/m0./s1. The lowest BCUT2D eigenvalue weighted by molar-refractivity contribution is -0.126. The van der Waals surface area contributed by atoms with Gasteiger partial charge in [0.15, 0.2) is 0 Å². The number of nitrogens with one attached hydrogen (secondary N) is 2. The molecule has 0 spiro atoms. The molecule has 136 valence electrons. The zero-order valence-electron chi connectivity index (χ0n) is 13.9. The highest BCUT2D eigenvalue weighted by atomic mass is 35.5. The first-order valence-corrected chi connectivity index (χ1v) is 8.08. The van der Waals surface area contributed by atoms with Gasteiger partial charge in [0.05, 0.1) is 6.04 Å². The van der Waals surface area contributed by atoms with Crippen molar-refractivity contribution in [2.45, 2.75) is 51.8 Å². The molecule has 1 heterocycles. The van der Waals surface area contributed by atoms with Crippen molar-refractivity contribution >= 4 is 18.3 Å². The molecule has 2 N–H and O–H groups in total. The summed E-state index contributed by atoms with van der Waals surface area (Å²) in [6, 6.07) is 6.61. The summed E-state index contributed by atoms with van der Waals surface area (Å²) in [6.45, 7) is 1.91. The molecule has 0 radical (unpaired) electrons. The number of halogens is 3. The third-order valence-corrected chi connectivity index (χ3v) is 4.23. The van der Waals surface area contributed by atoms with E-state index in [4.69, 9.17) is 0 Å². The highest BCUT2D eigenvalue weighted by molar-refractivity contribution is 5.85. The van der Waals surface area contributed by atoms with Crippen LogP contribution >= 0.6 is 12.4 Å². The van der Waals surface area contributed by atoms with E-state index < -0.39 is 6.61 Å². The lowest BCUT2D eigenvalue weighted by Gasteiger charge is -2.29. The Hall–Kier alpha value is -1.40. The van der Waals surface area contributed by atoms with Crippen LogP contribution in [-0.2, 0) is 4.79 Å². The van der Waals surface area contributed by atoms with Gasteiger partial charge in [-0.2, -0.15) is 8.78 Å². The molecule has 0 aliphatic carbocycles. The molecule has 1 fully saturated rings. The van der Waals surface area contributed by atoms with Gasteiger partial charge in [-0.1, -0.05) is 25.1 Å². The SMILES string of the molecule is CCC(NC(=O)[C@H]1CCN[C@@H](C)C1)c1ccccc1OC(F)F.Cl. The number of carbonyl (C=O) groups is 1. The average Bonchev–Trinajstić information content (AvgIpc) is 2.52. The molecule has 1 amide bonds. The molecule has 1 saturated heterocycles. The van der Waals surface area contributed by atoms with Crippen LogP contribution in [0, 0.1) is 5.92 Å². The number of amides is 1. The van der Waals surface area contributed by atoms with Crippen molar-refractivity contribution in [2.75, 3.05) is 6.54 Å². The van der Waals surface area contributed by atoms with Crippen LogP contribution in [0.5, 0.6) is 5.75 Å². The van der Waals surface area contributed by atoms with Crippen molar-refractivity contribution in [3.05, 3.63) is 29.8 Å². The third kappa shape index (κ3) is 5.60. The van der Waals surface area contributed by atoms with E-state index in [9.17, 15) is 13.6 Å². The van der Waals surface area contributed by atoms with Gasteiger partial charge < -0.3 is 15.4 Å². The Morgan fingerprint density at radius 1 is 1.42 bits per heavy atom. The van der Waals surface area contributed by atoms with Crippen LogP contribution in [0.25, 0.3) is 0 Å². The molecule has 1 aliphatic heterocycles. The van der Waals surface area contributed by atoms with Crippen LogP contribution in [-0.4, -0.2) is 25.1 Å². The molecule has 1 aliphatic rings. The fraction of sp³-hybridized carbons (Fsp3) is 0.588. The van der Waals surface area contributed by atoms with E-state index in [1.54, 1.807) is 18.2 Å². The van der Waals surface area contributed by atoms with Crippen molar-refractivity contribution in [3.8, 4) is 5.75 Å². The zero-order valence-corrected chi connectivity index (χ0v) is 14.7. The first-order valence-electron chi connectivity index (χ1n) is 8.08. The highest BCUT2D eigenvalue weighted by Crippen LogP contribution is 2.29. The highest BCUT2D eigenvalue weighted by Gasteiger charge is 2.27. The molecule has 24 heavy (non-hydrogen) atoms. The first kappa shape index (κ1) is 20.6. The van der Waals surface area contributed by atoms with Crippen LogP contribution in [0.3, 0.4) is 0 Å². The summed E-state index contributed by atoms with van der Waals surface area (Å²) in [5, 5.41) is 6.31. The first-order chi connectivity index (χ1) is 11.0. The van der Waals surface area contributed by atoms with E-state index in [0.717, 1.165) is 19.4 Å². The number of rotatable bonds is 6. The molecule has 1 unspecified atom stereocenters. The molecular formula is C17H25ClF2N2O2. The maximum atomic E-state index is 12.5. The van der Waals surface area contributed by atoms with E-state index in [-0.39, 0.29) is 36.0 Å². The van der Waals surface area contributed by atoms with Crippen molar-refractivity contribution in [1.29, 1.82) is 0 Å². The monoisotopic (exact) mass is 362 g/mol. The second-order valence-electron chi connectivity index (χ2n) is 5.96. The molecule has 1 aromatic carbocycles. The summed E-state index contributed by atoms with van der Waals surface area (Å²) >= 11 is 0. The topological polar surface area (TPSA) is 50.4 Å². The minimum atomic E-state index is -2.88. The van der Waals surface area contributed by atoms with Gasteiger partial charge in [0.2, 0.25) is 5.91 Å². The number of piperidine rings is 1. The van der Waals surface area contributed by atoms with Crippen molar-refractivity contribution in [1.82, 2.24) is 10.6 Å². The van der Waals surface area contributed by atoms with Crippen LogP contribution in [0.4, 0.5) is 8.78 Å². The number of alkyl halides is 2. The summed E-state index contributed by atoms with van der Waals surface area (Å²) in [5.41, 5.74) is 0.589. The number of para-hydroxylation sites is 1. The lowest BCUT2D eigenvalue weighted by atomic mass is 9.91. The number of ether oxygens (including phenoxy) is 1. The summed E-state index contributed by atoms with van der Waals surface area (Å²) < 4.78 is 29.7. The van der Waals surface area contributed by atoms with Gasteiger partial charge in [-0.15, -0.1) is 12.4 Å². The van der Waals surface area contributed by atoms with Crippen LogP contribution in [0.15, 0.2) is 24.3 Å². The normalized spacial score (nSPS) is 21.7. The van der Waals surface area contributed by atoms with Gasteiger partial charge >= 0.3 is 6.61 Å². The quantitative estimate of drug-likeness (QED) is 0.811. The number of carbonyl (C=O) groups excluding carboxylic acids is 1. The summed E-state index contributed by atoms with van der Waals surface area (Å²) in [4.78, 5) is 12.5. The van der Waals surface area contributed by atoms with Crippen LogP contribution in [0.2, 0.25) is 0 Å². The predicted octanol–water partition coefficient (Wildman–Crippen LogP) is 3.67. The minimum Gasteiger partial charge on any atom is -0.434 e. The Kier molecular flexibility index (Phi) is 8.42. The van der Waals surface area contributed by atoms with Crippen molar-refractivity contribution < 1.29 is 18.3 Å². The molecule has 4 nitrogen and oxygen atoms in total. The van der Waals surface area contributed by atoms with E-state index in [0.29, 0.717) is 18.0 Å². The van der Waals surface area contributed by atoms with E-state index in [1.807, 2.05) is 6.92 Å². The fourth-order valence-corrected chi connectivity index (χ4v) is 3.03. The maximum absolute atomic E-state index is 12.5. The number of hydrogen-bond donors (Lipinski definition) is 2. The van der Waals surface area contributed by atoms with E-state index in [2.05, 4.69) is 22.3 Å². The number of hydrogen-bond acceptors (Lipinski definition) is 3. The summed E-state index contributed by atoms with van der Waals surface area (Å²) in [6.07, 6.45) is 2.19. The fourth-order valence-electron chi connectivity index (χ4n) is 3.03. The number of benzene rings is 1. The maximum Gasteiger partial charge on any atom is 0.387 e. The molecule has 0 aromatic heterocycles. The third-order valence-electron chi connectivity index (χ3n) is 4.23. The Morgan fingerprint density at radius 2 is 2.12 bits per heavy atom. The Morgan fingerprint density at radius 3 is 2.75 bits per heavy atom. The molecule has 2 rings (SSSR count). The molecular weight excluding hydrogens is 338 g/mol. The van der Waals surface area contributed by atoms with Gasteiger partial charge in [-0.3, -0.25) is 4.79 Å². The Labute approximate surface area is 147 Å². The van der Waals surface area contributed by atoms with Crippen molar-refractivity contribution in [2.24, 2.45) is 5.92 Å². The van der Waals surface area contributed by atoms with Crippen LogP contribution in [0.1, 0.15) is 44.7 Å². The molecule has 7 heteroatoms. The van der Waals surface area contributed by atoms with Crippen LogP contribution < -0.4 is 15.4 Å². The average molecular weight is 363 g/mol. The Bertz CT molecular complexity index is 531. The summed E-state index contributed by atoms with van der Waals surface area (Å²) in [5.74, 6) is 0.0638. The minimum absolute atomic E-state index is 0.